The molecule has 1 aromatic carbocycles. The quantitative estimate of drug-likeness (QED) is 0.768. The maximum absolute atomic E-state index is 11.4. The number of anilines is 2. The zero-order valence-electron chi connectivity index (χ0n) is 10.3. The summed E-state index contributed by atoms with van der Waals surface area (Å²) in [6.45, 7) is 4.05. The van der Waals surface area contributed by atoms with E-state index in [1.54, 1.807) is 19.1 Å². The molecule has 0 atom stereocenters. The van der Waals surface area contributed by atoms with Crippen LogP contribution in [0.3, 0.4) is 0 Å². The number of carbonyl (C=O) groups is 2. The van der Waals surface area contributed by atoms with Crippen molar-refractivity contribution in [3.8, 4) is 0 Å². The first-order valence-electron chi connectivity index (χ1n) is 5.57. The fourth-order valence-electron chi connectivity index (χ4n) is 1.30. The van der Waals surface area contributed by atoms with Gasteiger partial charge in [0.1, 0.15) is 0 Å². The van der Waals surface area contributed by atoms with Crippen LogP contribution in [0, 0.1) is 6.92 Å². The van der Waals surface area contributed by atoms with E-state index in [0.717, 1.165) is 12.0 Å². The van der Waals surface area contributed by atoms with Gasteiger partial charge in [0.2, 0.25) is 0 Å². The molecule has 1 rings (SSSR count). The van der Waals surface area contributed by atoms with Gasteiger partial charge in [0.15, 0.2) is 0 Å². The monoisotopic (exact) mass is 252 g/mol. The van der Waals surface area contributed by atoms with Gasteiger partial charge >= 0.3 is 12.2 Å². The first-order chi connectivity index (χ1) is 8.52. The van der Waals surface area contributed by atoms with Crippen LogP contribution in [0.25, 0.3) is 0 Å². The van der Waals surface area contributed by atoms with Crippen LogP contribution in [-0.2, 0) is 4.74 Å². The van der Waals surface area contributed by atoms with Crippen LogP contribution in [0.4, 0.5) is 21.0 Å². The Hall–Kier alpha value is -2.24. The third kappa shape index (κ3) is 4.32. The van der Waals surface area contributed by atoms with Crippen LogP contribution in [0.1, 0.15) is 18.9 Å². The molecule has 0 aliphatic rings. The molecule has 0 bridgehead atoms. The van der Waals surface area contributed by atoms with Gasteiger partial charge in [0.25, 0.3) is 0 Å². The van der Waals surface area contributed by atoms with Gasteiger partial charge in [0.05, 0.1) is 6.61 Å². The lowest BCUT2D eigenvalue weighted by atomic mass is 10.2. The Balaban J connectivity index is 2.74. The number of aryl methyl sites for hydroxylation is 1. The number of rotatable bonds is 4. The predicted molar refractivity (Wildman–Crippen MR) is 68.1 cm³/mol. The summed E-state index contributed by atoms with van der Waals surface area (Å²) >= 11 is 0. The van der Waals surface area contributed by atoms with Gasteiger partial charge in [-0.15, -0.1) is 0 Å². The number of nitrogens with one attached hydrogen (secondary N) is 2. The summed E-state index contributed by atoms with van der Waals surface area (Å²) in [7, 11) is 0. The predicted octanol–water partition coefficient (Wildman–Crippen LogP) is 3.04. The highest BCUT2D eigenvalue weighted by atomic mass is 16.5. The van der Waals surface area contributed by atoms with Crippen molar-refractivity contribution in [3.63, 3.8) is 0 Å². The average molecular weight is 252 g/mol. The molecule has 2 amide bonds. The van der Waals surface area contributed by atoms with Crippen molar-refractivity contribution in [1.29, 1.82) is 0 Å². The Morgan fingerprint density at radius 2 is 2.06 bits per heavy atom. The van der Waals surface area contributed by atoms with Crippen LogP contribution in [0.5, 0.6) is 0 Å². The summed E-state index contributed by atoms with van der Waals surface area (Å²) in [6.07, 6.45) is -0.960. The van der Waals surface area contributed by atoms with Crippen molar-refractivity contribution in [3.05, 3.63) is 23.8 Å². The number of carboxylic acid groups (broad SMARTS) is 1. The van der Waals surface area contributed by atoms with Gasteiger partial charge < -0.3 is 9.84 Å². The highest BCUT2D eigenvalue weighted by Crippen LogP contribution is 2.20. The van der Waals surface area contributed by atoms with Crippen molar-refractivity contribution in [1.82, 2.24) is 0 Å². The number of hydrogen-bond acceptors (Lipinski definition) is 3. The number of benzene rings is 1. The van der Waals surface area contributed by atoms with Crippen LogP contribution in [0.15, 0.2) is 18.2 Å². The molecule has 6 nitrogen and oxygen atoms in total. The van der Waals surface area contributed by atoms with Crippen LogP contribution in [-0.4, -0.2) is 23.9 Å². The lowest BCUT2D eigenvalue weighted by Crippen LogP contribution is -2.15. The van der Waals surface area contributed by atoms with Gasteiger partial charge in [-0.2, -0.15) is 0 Å². The Morgan fingerprint density at radius 3 is 2.67 bits per heavy atom. The summed E-state index contributed by atoms with van der Waals surface area (Å²) in [6, 6.07) is 4.86. The topological polar surface area (TPSA) is 87.7 Å². The van der Waals surface area contributed by atoms with Crippen molar-refractivity contribution < 1.29 is 19.4 Å². The van der Waals surface area contributed by atoms with E-state index in [1.807, 2.05) is 6.92 Å². The number of carbonyl (C=O) groups excluding carboxylic acids is 1. The van der Waals surface area contributed by atoms with Crippen molar-refractivity contribution >= 4 is 23.6 Å². The number of ether oxygens (including phenoxy) is 1. The maximum Gasteiger partial charge on any atom is 0.411 e. The highest BCUT2D eigenvalue weighted by molar-refractivity contribution is 5.89. The van der Waals surface area contributed by atoms with E-state index in [0.29, 0.717) is 18.0 Å². The molecule has 0 radical (unpaired) electrons. The first kappa shape index (κ1) is 13.8. The van der Waals surface area contributed by atoms with E-state index < -0.39 is 12.2 Å². The van der Waals surface area contributed by atoms with E-state index in [1.165, 1.54) is 6.07 Å². The molecule has 0 aromatic heterocycles. The second-order valence-electron chi connectivity index (χ2n) is 3.72. The van der Waals surface area contributed by atoms with E-state index in [4.69, 9.17) is 9.84 Å². The SMILES string of the molecule is CCCOC(=O)Nc1cc(NC(=O)O)ccc1C. The van der Waals surface area contributed by atoms with E-state index >= 15 is 0 Å². The summed E-state index contributed by atoms with van der Waals surface area (Å²) in [4.78, 5) is 21.9. The zero-order chi connectivity index (χ0) is 13.5. The Bertz CT molecular complexity index is 446. The van der Waals surface area contributed by atoms with Gasteiger partial charge in [-0.25, -0.2) is 9.59 Å². The van der Waals surface area contributed by atoms with E-state index in [2.05, 4.69) is 10.6 Å². The Morgan fingerprint density at radius 1 is 1.33 bits per heavy atom. The Kier molecular flexibility index (Phi) is 4.98. The Labute approximate surface area is 105 Å². The van der Waals surface area contributed by atoms with Crippen molar-refractivity contribution in [2.75, 3.05) is 17.2 Å². The number of amides is 2. The summed E-state index contributed by atoms with van der Waals surface area (Å²) in [5.74, 6) is 0. The lowest BCUT2D eigenvalue weighted by molar-refractivity contribution is 0.161. The van der Waals surface area contributed by atoms with E-state index in [9.17, 15) is 9.59 Å². The molecular formula is C12H16N2O4. The molecule has 18 heavy (non-hydrogen) atoms. The molecular weight excluding hydrogens is 236 g/mol. The average Bonchev–Trinajstić information content (AvgIpc) is 2.30. The molecule has 0 unspecified atom stereocenters. The summed E-state index contributed by atoms with van der Waals surface area (Å²) in [5.41, 5.74) is 1.72. The molecule has 0 heterocycles. The molecule has 0 fully saturated rings. The lowest BCUT2D eigenvalue weighted by Gasteiger charge is -2.10. The standard InChI is InChI=1S/C12H16N2O4/c1-3-6-18-12(17)14-10-7-9(13-11(15)16)5-4-8(10)2/h4-5,7,13H,3,6H2,1-2H3,(H,14,17)(H,15,16). The molecule has 0 saturated heterocycles. The minimum Gasteiger partial charge on any atom is -0.465 e. The van der Waals surface area contributed by atoms with Crippen LogP contribution < -0.4 is 10.6 Å². The maximum atomic E-state index is 11.4. The number of hydrogen-bond donors (Lipinski definition) is 3. The molecule has 0 spiro atoms. The highest BCUT2D eigenvalue weighted by Gasteiger charge is 2.07. The molecule has 0 saturated carbocycles. The third-order valence-electron chi connectivity index (χ3n) is 2.16. The van der Waals surface area contributed by atoms with Crippen LogP contribution >= 0.6 is 0 Å². The summed E-state index contributed by atoms with van der Waals surface area (Å²) < 4.78 is 4.88. The molecule has 0 aliphatic carbocycles. The van der Waals surface area contributed by atoms with Crippen LogP contribution in [0.2, 0.25) is 0 Å². The zero-order valence-corrected chi connectivity index (χ0v) is 10.3. The largest absolute Gasteiger partial charge is 0.465 e. The second kappa shape index (κ2) is 6.48. The molecule has 98 valence electrons. The molecule has 0 aliphatic heterocycles. The second-order valence-corrected chi connectivity index (χ2v) is 3.72. The van der Waals surface area contributed by atoms with E-state index in [-0.39, 0.29) is 0 Å². The smallest absolute Gasteiger partial charge is 0.411 e. The third-order valence-corrected chi connectivity index (χ3v) is 2.16. The van der Waals surface area contributed by atoms with Crippen molar-refractivity contribution in [2.45, 2.75) is 20.3 Å². The van der Waals surface area contributed by atoms with Gasteiger partial charge in [0, 0.05) is 11.4 Å². The molecule has 3 N–H and O–H groups in total. The van der Waals surface area contributed by atoms with Gasteiger partial charge in [-0.3, -0.25) is 10.6 Å². The van der Waals surface area contributed by atoms with Crippen molar-refractivity contribution in [2.24, 2.45) is 0 Å². The molecule has 6 heteroatoms. The minimum atomic E-state index is -1.15. The summed E-state index contributed by atoms with van der Waals surface area (Å²) in [5, 5.41) is 13.4. The normalized spacial score (nSPS) is 9.67. The van der Waals surface area contributed by atoms with Gasteiger partial charge in [-0.05, 0) is 31.0 Å². The van der Waals surface area contributed by atoms with Gasteiger partial charge in [-0.1, -0.05) is 13.0 Å². The molecule has 1 aromatic rings. The minimum absolute atomic E-state index is 0.345. The fourth-order valence-corrected chi connectivity index (χ4v) is 1.30. The fraction of sp³-hybridized carbons (Fsp3) is 0.333. The first-order valence-corrected chi connectivity index (χ1v) is 5.57.